The number of pyridine rings is 1. The van der Waals surface area contributed by atoms with Crippen molar-refractivity contribution in [2.24, 2.45) is 5.92 Å². The molecule has 1 aliphatic rings. The van der Waals surface area contributed by atoms with Crippen molar-refractivity contribution in [1.82, 2.24) is 20.4 Å². The molecule has 2 amide bonds. The van der Waals surface area contributed by atoms with Gasteiger partial charge in [0.2, 0.25) is 5.91 Å². The van der Waals surface area contributed by atoms with Crippen molar-refractivity contribution < 1.29 is 18.8 Å². The monoisotopic (exact) mass is 394 g/mol. The van der Waals surface area contributed by atoms with Crippen LogP contribution in [-0.2, 0) is 11.4 Å². The minimum absolute atomic E-state index is 0.127. The number of nitrogens with one attached hydrogen (secondary N) is 1. The molecule has 2 aromatic heterocycles. The Bertz CT molecular complexity index is 1030. The molecule has 1 N–H and O–H groups in total. The summed E-state index contributed by atoms with van der Waals surface area (Å²) in [6, 6.07) is 9.18. The first kappa shape index (κ1) is 18.9. The number of amides is 2. The van der Waals surface area contributed by atoms with E-state index in [-0.39, 0.29) is 30.0 Å². The highest BCUT2D eigenvalue weighted by atomic mass is 16.5. The maximum absolute atomic E-state index is 12.3. The van der Waals surface area contributed by atoms with Gasteiger partial charge >= 0.3 is 0 Å². The number of likely N-dealkylation sites (tertiary alicyclic amines) is 1. The van der Waals surface area contributed by atoms with Crippen LogP contribution in [0.3, 0.4) is 0 Å². The van der Waals surface area contributed by atoms with Crippen molar-refractivity contribution in [3.8, 4) is 5.75 Å². The van der Waals surface area contributed by atoms with Crippen molar-refractivity contribution in [2.75, 3.05) is 19.6 Å². The van der Waals surface area contributed by atoms with Gasteiger partial charge in [0.1, 0.15) is 12.4 Å². The maximum atomic E-state index is 12.3. The highest BCUT2D eigenvalue weighted by Crippen LogP contribution is 2.25. The van der Waals surface area contributed by atoms with Crippen LogP contribution in [0, 0.1) is 5.92 Å². The summed E-state index contributed by atoms with van der Waals surface area (Å²) >= 11 is 0. The Morgan fingerprint density at radius 2 is 2.28 bits per heavy atom. The van der Waals surface area contributed by atoms with E-state index in [0.29, 0.717) is 37.6 Å². The summed E-state index contributed by atoms with van der Waals surface area (Å²) in [5.41, 5.74) is 0.197. The first-order valence-electron chi connectivity index (χ1n) is 9.61. The van der Waals surface area contributed by atoms with Gasteiger partial charge in [0.25, 0.3) is 5.91 Å². The number of benzene rings is 1. The van der Waals surface area contributed by atoms with Crippen molar-refractivity contribution >= 4 is 22.6 Å². The molecule has 1 fully saturated rings. The van der Waals surface area contributed by atoms with E-state index in [0.717, 1.165) is 10.8 Å². The largest absolute Gasteiger partial charge is 0.485 e. The summed E-state index contributed by atoms with van der Waals surface area (Å²) in [6.07, 6.45) is 3.95. The first-order valence-corrected chi connectivity index (χ1v) is 9.61. The fourth-order valence-electron chi connectivity index (χ4n) is 3.48. The van der Waals surface area contributed by atoms with E-state index in [1.165, 1.54) is 0 Å². The van der Waals surface area contributed by atoms with Crippen molar-refractivity contribution in [1.29, 1.82) is 0 Å². The van der Waals surface area contributed by atoms with Crippen LogP contribution in [0.15, 0.2) is 47.2 Å². The number of nitrogens with zero attached hydrogens (tertiary/aromatic N) is 3. The molecule has 29 heavy (non-hydrogen) atoms. The van der Waals surface area contributed by atoms with Crippen molar-refractivity contribution in [2.45, 2.75) is 20.0 Å². The fourth-order valence-corrected chi connectivity index (χ4v) is 3.48. The molecule has 1 aromatic carbocycles. The third kappa shape index (κ3) is 4.21. The van der Waals surface area contributed by atoms with E-state index < -0.39 is 0 Å². The van der Waals surface area contributed by atoms with Gasteiger partial charge in [-0.05, 0) is 19.1 Å². The van der Waals surface area contributed by atoms with Crippen LogP contribution in [0.1, 0.15) is 29.6 Å². The number of aromatic nitrogens is 2. The second kappa shape index (κ2) is 8.30. The molecule has 0 spiro atoms. The molecule has 1 saturated heterocycles. The minimum atomic E-state index is -0.321. The highest BCUT2D eigenvalue weighted by molar-refractivity contribution is 5.92. The Morgan fingerprint density at radius 3 is 3.10 bits per heavy atom. The van der Waals surface area contributed by atoms with E-state index in [9.17, 15) is 9.59 Å². The van der Waals surface area contributed by atoms with Crippen LogP contribution in [0.2, 0.25) is 0 Å². The van der Waals surface area contributed by atoms with Gasteiger partial charge in [-0.3, -0.25) is 14.6 Å². The number of rotatable bonds is 7. The van der Waals surface area contributed by atoms with E-state index in [2.05, 4.69) is 15.5 Å². The molecule has 0 radical (unpaired) electrons. The van der Waals surface area contributed by atoms with Crippen LogP contribution >= 0.6 is 0 Å². The second-order valence-electron chi connectivity index (χ2n) is 7.03. The molecule has 0 bridgehead atoms. The molecule has 3 aromatic rings. The lowest BCUT2D eigenvalue weighted by molar-refractivity contribution is -0.127. The Hall–Kier alpha value is -3.42. The molecule has 0 aliphatic carbocycles. The van der Waals surface area contributed by atoms with Crippen LogP contribution in [0.25, 0.3) is 10.8 Å². The van der Waals surface area contributed by atoms with E-state index in [1.807, 2.05) is 31.2 Å². The molecule has 4 rings (SSSR count). The number of carbonyl (C=O) groups is 2. The van der Waals surface area contributed by atoms with E-state index in [4.69, 9.17) is 9.26 Å². The fraction of sp³-hybridized carbons (Fsp3) is 0.333. The number of fused-ring (bicyclic) bond motifs is 1. The number of ether oxygens (including phenoxy) is 1. The summed E-state index contributed by atoms with van der Waals surface area (Å²) < 4.78 is 11.1. The minimum Gasteiger partial charge on any atom is -0.485 e. The molecule has 8 heteroatoms. The Morgan fingerprint density at radius 1 is 1.38 bits per heavy atom. The summed E-state index contributed by atoms with van der Waals surface area (Å²) in [6.45, 7) is 3.91. The smallest absolute Gasteiger partial charge is 0.273 e. The maximum Gasteiger partial charge on any atom is 0.273 e. The molecule has 150 valence electrons. The van der Waals surface area contributed by atoms with Crippen LogP contribution in [0.5, 0.6) is 5.75 Å². The van der Waals surface area contributed by atoms with Gasteiger partial charge in [0.05, 0.1) is 0 Å². The Balaban J connectivity index is 1.32. The van der Waals surface area contributed by atoms with E-state index in [1.54, 1.807) is 23.4 Å². The van der Waals surface area contributed by atoms with Crippen molar-refractivity contribution in [3.05, 3.63) is 54.2 Å². The number of hydrogen-bond acceptors (Lipinski definition) is 6. The third-order valence-corrected chi connectivity index (χ3v) is 5.03. The SMILES string of the molecule is CCN1C[C@H](CNC(=O)c2cc(COc3cccc4cnccc34)on2)CC1=O. The predicted molar refractivity (Wildman–Crippen MR) is 105 cm³/mol. The lowest BCUT2D eigenvalue weighted by Crippen LogP contribution is -2.31. The average Bonchev–Trinajstić information content (AvgIpc) is 3.36. The number of hydrogen-bond donors (Lipinski definition) is 1. The second-order valence-corrected chi connectivity index (χ2v) is 7.03. The standard InChI is InChI=1S/C21H22N4O4/c1-2-25-12-14(8-20(25)26)10-23-21(27)18-9-16(29-24-18)13-28-19-5-3-4-15-11-22-7-6-17(15)19/h3-7,9,11,14H,2,8,10,12-13H2,1H3,(H,23,27)/t14-/m0/s1. The Kier molecular flexibility index (Phi) is 5.41. The molecule has 0 saturated carbocycles. The lowest BCUT2D eigenvalue weighted by Gasteiger charge is -2.13. The number of carbonyl (C=O) groups excluding carboxylic acids is 2. The van der Waals surface area contributed by atoms with Gasteiger partial charge in [0, 0.05) is 61.2 Å². The van der Waals surface area contributed by atoms with Crippen LogP contribution in [-0.4, -0.2) is 46.5 Å². The molecular formula is C21H22N4O4. The summed E-state index contributed by atoms with van der Waals surface area (Å²) in [5.74, 6) is 1.10. The average molecular weight is 394 g/mol. The van der Waals surface area contributed by atoms with Crippen molar-refractivity contribution in [3.63, 3.8) is 0 Å². The van der Waals surface area contributed by atoms with Gasteiger partial charge < -0.3 is 19.5 Å². The zero-order valence-corrected chi connectivity index (χ0v) is 16.1. The first-order chi connectivity index (χ1) is 14.1. The van der Waals surface area contributed by atoms with Crippen LogP contribution in [0.4, 0.5) is 0 Å². The Labute approximate surface area is 167 Å². The van der Waals surface area contributed by atoms with Gasteiger partial charge in [-0.15, -0.1) is 0 Å². The molecule has 3 heterocycles. The summed E-state index contributed by atoms with van der Waals surface area (Å²) in [4.78, 5) is 30.0. The molecule has 8 nitrogen and oxygen atoms in total. The quantitative estimate of drug-likeness (QED) is 0.661. The summed E-state index contributed by atoms with van der Waals surface area (Å²) in [7, 11) is 0. The zero-order valence-electron chi connectivity index (χ0n) is 16.1. The molecular weight excluding hydrogens is 372 g/mol. The summed E-state index contributed by atoms with van der Waals surface area (Å²) in [5, 5.41) is 8.59. The van der Waals surface area contributed by atoms with E-state index >= 15 is 0 Å². The highest BCUT2D eigenvalue weighted by Gasteiger charge is 2.28. The predicted octanol–water partition coefficient (Wildman–Crippen LogP) is 2.40. The lowest BCUT2D eigenvalue weighted by atomic mass is 10.1. The molecule has 1 atom stereocenters. The van der Waals surface area contributed by atoms with Gasteiger partial charge in [-0.2, -0.15) is 0 Å². The van der Waals surface area contributed by atoms with Gasteiger partial charge in [-0.1, -0.05) is 17.3 Å². The normalized spacial score (nSPS) is 16.4. The zero-order chi connectivity index (χ0) is 20.2. The van der Waals surface area contributed by atoms with Gasteiger partial charge in [0.15, 0.2) is 11.5 Å². The molecule has 1 aliphatic heterocycles. The van der Waals surface area contributed by atoms with Gasteiger partial charge in [-0.25, -0.2) is 0 Å². The van der Waals surface area contributed by atoms with Crippen LogP contribution < -0.4 is 10.1 Å². The third-order valence-electron chi connectivity index (χ3n) is 5.03. The molecule has 0 unspecified atom stereocenters. The topological polar surface area (TPSA) is 97.6 Å².